The zero-order chi connectivity index (χ0) is 19.2. The second kappa shape index (κ2) is 8.54. The third-order valence-electron chi connectivity index (χ3n) is 3.28. The Balaban J connectivity index is 1.87. The maximum absolute atomic E-state index is 12.2. The number of hydrogen-bond acceptors (Lipinski definition) is 5. The number of rotatable bonds is 7. The largest absolute Gasteiger partial charge is 0.326 e. The lowest BCUT2D eigenvalue weighted by Gasteiger charge is -2.08. The molecule has 0 radical (unpaired) electrons. The molecule has 0 bridgehead atoms. The lowest BCUT2D eigenvalue weighted by atomic mass is 10.3. The number of aryl methyl sites for hydroxylation is 1. The summed E-state index contributed by atoms with van der Waals surface area (Å²) in [6.45, 7) is 3.12. The lowest BCUT2D eigenvalue weighted by Crippen LogP contribution is -2.28. The molecule has 0 saturated heterocycles. The predicted octanol–water partition coefficient (Wildman–Crippen LogP) is 1.66. The average Bonchev–Trinajstić information content (AvgIpc) is 2.54. The van der Waals surface area contributed by atoms with Gasteiger partial charge in [0.25, 0.3) is 0 Å². The summed E-state index contributed by atoms with van der Waals surface area (Å²) in [6.07, 6.45) is -0.0289. The molecule has 2 amide bonds. The lowest BCUT2D eigenvalue weighted by molar-refractivity contribution is -0.116. The minimum absolute atomic E-state index is 0.0289. The summed E-state index contributed by atoms with van der Waals surface area (Å²) >= 11 is 0. The Bertz CT molecular complexity index is 895. The molecule has 0 saturated carbocycles. The Kier molecular flexibility index (Phi) is 6.42. The molecule has 26 heavy (non-hydrogen) atoms. The van der Waals surface area contributed by atoms with Crippen LogP contribution in [0.15, 0.2) is 47.4 Å². The third-order valence-corrected chi connectivity index (χ3v) is 4.76. The number of nitrogens with zero attached hydrogens (tertiary/aromatic N) is 1. The van der Waals surface area contributed by atoms with Crippen molar-refractivity contribution in [2.75, 3.05) is 17.2 Å². The van der Waals surface area contributed by atoms with Crippen LogP contribution in [0.1, 0.15) is 19.0 Å². The van der Waals surface area contributed by atoms with Crippen LogP contribution in [0.2, 0.25) is 0 Å². The van der Waals surface area contributed by atoms with E-state index in [0.717, 1.165) is 5.69 Å². The Hall–Kier alpha value is -2.78. The number of carbonyl (C=O) groups is 2. The van der Waals surface area contributed by atoms with E-state index in [0.29, 0.717) is 11.5 Å². The van der Waals surface area contributed by atoms with Crippen LogP contribution >= 0.6 is 0 Å². The summed E-state index contributed by atoms with van der Waals surface area (Å²) in [7, 11) is -3.74. The van der Waals surface area contributed by atoms with Crippen LogP contribution in [-0.2, 0) is 19.6 Å². The highest BCUT2D eigenvalue weighted by Gasteiger charge is 2.14. The quantitative estimate of drug-likeness (QED) is 0.679. The van der Waals surface area contributed by atoms with Gasteiger partial charge in [-0.25, -0.2) is 18.1 Å². The molecular formula is C17H20N4O4S. The normalized spacial score (nSPS) is 11.0. The van der Waals surface area contributed by atoms with Gasteiger partial charge in [-0.15, -0.1) is 0 Å². The average molecular weight is 376 g/mol. The van der Waals surface area contributed by atoms with Gasteiger partial charge in [0.1, 0.15) is 5.82 Å². The van der Waals surface area contributed by atoms with Crippen molar-refractivity contribution in [3.63, 3.8) is 0 Å². The van der Waals surface area contributed by atoms with Gasteiger partial charge in [-0.3, -0.25) is 9.59 Å². The first-order chi connectivity index (χ1) is 12.3. The molecule has 0 fully saturated rings. The molecule has 0 aliphatic rings. The van der Waals surface area contributed by atoms with E-state index in [1.807, 2.05) is 0 Å². The fourth-order valence-corrected chi connectivity index (χ4v) is 3.15. The summed E-state index contributed by atoms with van der Waals surface area (Å²) in [5, 5.41) is 5.16. The van der Waals surface area contributed by atoms with Crippen LogP contribution in [0.3, 0.4) is 0 Å². The highest BCUT2D eigenvalue weighted by atomic mass is 32.2. The van der Waals surface area contributed by atoms with Crippen LogP contribution in [-0.4, -0.2) is 31.8 Å². The monoisotopic (exact) mass is 376 g/mol. The Morgan fingerprint density at radius 3 is 2.35 bits per heavy atom. The summed E-state index contributed by atoms with van der Waals surface area (Å²) in [6, 6.07) is 11.0. The Morgan fingerprint density at radius 1 is 1.04 bits per heavy atom. The number of carbonyl (C=O) groups excluding carboxylic acids is 2. The van der Waals surface area contributed by atoms with Crippen molar-refractivity contribution >= 4 is 33.3 Å². The molecule has 0 atom stereocenters. The van der Waals surface area contributed by atoms with Crippen molar-refractivity contribution in [2.45, 2.75) is 25.2 Å². The molecule has 138 valence electrons. The van der Waals surface area contributed by atoms with Gasteiger partial charge >= 0.3 is 0 Å². The van der Waals surface area contributed by atoms with Gasteiger partial charge in [-0.1, -0.05) is 6.07 Å². The molecule has 1 heterocycles. The van der Waals surface area contributed by atoms with Crippen molar-refractivity contribution in [1.82, 2.24) is 9.71 Å². The van der Waals surface area contributed by atoms with E-state index < -0.39 is 10.0 Å². The number of sulfonamides is 1. The molecule has 2 rings (SSSR count). The van der Waals surface area contributed by atoms with E-state index >= 15 is 0 Å². The van der Waals surface area contributed by atoms with E-state index in [-0.39, 0.29) is 29.7 Å². The van der Waals surface area contributed by atoms with Crippen molar-refractivity contribution in [3.05, 3.63) is 48.2 Å². The van der Waals surface area contributed by atoms with E-state index in [4.69, 9.17) is 0 Å². The number of anilines is 2. The van der Waals surface area contributed by atoms with Gasteiger partial charge in [0, 0.05) is 31.3 Å². The summed E-state index contributed by atoms with van der Waals surface area (Å²) in [5.74, 6) is -0.161. The summed E-state index contributed by atoms with van der Waals surface area (Å²) in [5.41, 5.74) is 1.27. The van der Waals surface area contributed by atoms with E-state index in [9.17, 15) is 18.0 Å². The fourth-order valence-electron chi connectivity index (χ4n) is 2.12. The minimum Gasteiger partial charge on any atom is -0.326 e. The number of hydrogen-bond donors (Lipinski definition) is 3. The van der Waals surface area contributed by atoms with Crippen LogP contribution in [0.5, 0.6) is 0 Å². The number of benzene rings is 1. The van der Waals surface area contributed by atoms with Gasteiger partial charge < -0.3 is 10.6 Å². The highest BCUT2D eigenvalue weighted by molar-refractivity contribution is 7.89. The molecule has 0 aliphatic carbocycles. The molecule has 0 aliphatic heterocycles. The standard InChI is InChI=1S/C17H20N4O4S/c1-12-4-3-5-16(19-12)21-17(23)10-11-18-26(24,25)15-8-6-14(7-9-15)20-13(2)22/h3-9,18H,10-11H2,1-2H3,(H,20,22)(H,19,21,23). The Labute approximate surface area is 152 Å². The van der Waals surface area contributed by atoms with Crippen molar-refractivity contribution in [1.29, 1.82) is 0 Å². The van der Waals surface area contributed by atoms with E-state index in [2.05, 4.69) is 20.3 Å². The minimum atomic E-state index is -3.74. The van der Waals surface area contributed by atoms with Crippen molar-refractivity contribution in [2.24, 2.45) is 0 Å². The van der Waals surface area contributed by atoms with Gasteiger partial charge in [-0.05, 0) is 43.3 Å². The summed E-state index contributed by atoms with van der Waals surface area (Å²) in [4.78, 5) is 27.0. The smallest absolute Gasteiger partial charge is 0.240 e. The number of pyridine rings is 1. The van der Waals surface area contributed by atoms with Gasteiger partial charge in [0.05, 0.1) is 4.90 Å². The second-order valence-electron chi connectivity index (χ2n) is 5.57. The van der Waals surface area contributed by atoms with Crippen LogP contribution in [0, 0.1) is 6.92 Å². The molecule has 9 heteroatoms. The first kappa shape index (κ1) is 19.5. The molecule has 2 aromatic rings. The molecular weight excluding hydrogens is 356 g/mol. The second-order valence-corrected chi connectivity index (χ2v) is 7.33. The highest BCUT2D eigenvalue weighted by Crippen LogP contribution is 2.14. The topological polar surface area (TPSA) is 117 Å². The molecule has 3 N–H and O–H groups in total. The van der Waals surface area contributed by atoms with Crippen LogP contribution in [0.25, 0.3) is 0 Å². The molecule has 0 unspecified atom stereocenters. The van der Waals surface area contributed by atoms with Gasteiger partial charge in [0.2, 0.25) is 21.8 Å². The zero-order valence-electron chi connectivity index (χ0n) is 14.4. The van der Waals surface area contributed by atoms with E-state index in [1.165, 1.54) is 31.2 Å². The van der Waals surface area contributed by atoms with Crippen molar-refractivity contribution in [3.8, 4) is 0 Å². The van der Waals surface area contributed by atoms with E-state index in [1.54, 1.807) is 25.1 Å². The third kappa shape index (κ3) is 5.94. The van der Waals surface area contributed by atoms with Crippen molar-refractivity contribution < 1.29 is 18.0 Å². The first-order valence-corrected chi connectivity index (χ1v) is 9.35. The van der Waals surface area contributed by atoms with Gasteiger partial charge in [0.15, 0.2) is 0 Å². The maximum atomic E-state index is 12.2. The number of nitrogens with one attached hydrogen (secondary N) is 3. The fraction of sp³-hybridized carbons (Fsp3) is 0.235. The molecule has 0 spiro atoms. The molecule has 1 aromatic carbocycles. The molecule has 8 nitrogen and oxygen atoms in total. The van der Waals surface area contributed by atoms with Crippen LogP contribution in [0.4, 0.5) is 11.5 Å². The predicted molar refractivity (Wildman–Crippen MR) is 98.2 cm³/mol. The Morgan fingerprint density at radius 2 is 1.73 bits per heavy atom. The SMILES string of the molecule is CC(=O)Nc1ccc(S(=O)(=O)NCCC(=O)Nc2cccc(C)n2)cc1. The maximum Gasteiger partial charge on any atom is 0.240 e. The number of amides is 2. The zero-order valence-corrected chi connectivity index (χ0v) is 15.3. The summed E-state index contributed by atoms with van der Waals surface area (Å²) < 4.78 is 26.8. The number of aromatic nitrogens is 1. The molecule has 1 aromatic heterocycles. The first-order valence-electron chi connectivity index (χ1n) is 7.87. The van der Waals surface area contributed by atoms with Crippen LogP contribution < -0.4 is 15.4 Å². The van der Waals surface area contributed by atoms with Gasteiger partial charge in [-0.2, -0.15) is 0 Å².